The fraction of sp³-hybridized carbons (Fsp3) is 0.619. The summed E-state index contributed by atoms with van der Waals surface area (Å²) in [5.41, 5.74) is 6.51. The van der Waals surface area contributed by atoms with Gasteiger partial charge >= 0.3 is 6.09 Å². The highest BCUT2D eigenvalue weighted by Gasteiger charge is 2.27. The van der Waals surface area contributed by atoms with E-state index >= 15 is 0 Å². The molecule has 1 saturated heterocycles. The highest BCUT2D eigenvalue weighted by Crippen LogP contribution is 2.27. The van der Waals surface area contributed by atoms with Crippen LogP contribution in [0, 0.1) is 5.92 Å². The molecular weight excluding hydrogens is 499 g/mol. The number of halogens is 1. The van der Waals surface area contributed by atoms with Crippen LogP contribution >= 0.6 is 24.0 Å². The molecule has 1 aliphatic rings. The van der Waals surface area contributed by atoms with Gasteiger partial charge in [-0.1, -0.05) is 6.07 Å². The monoisotopic (exact) mass is 534 g/mol. The smallest absolute Gasteiger partial charge is 0.410 e. The number of nitrogens with two attached hydrogens (primary N) is 1. The van der Waals surface area contributed by atoms with Crippen LogP contribution in [-0.2, 0) is 11.3 Å². The Morgan fingerprint density at radius 2 is 1.97 bits per heavy atom. The second-order valence-corrected chi connectivity index (χ2v) is 8.21. The van der Waals surface area contributed by atoms with Gasteiger partial charge in [-0.05, 0) is 57.2 Å². The van der Waals surface area contributed by atoms with E-state index in [1.54, 1.807) is 19.1 Å². The summed E-state index contributed by atoms with van der Waals surface area (Å²) in [6, 6.07) is 5.66. The highest BCUT2D eigenvalue weighted by atomic mass is 127. The second-order valence-electron chi connectivity index (χ2n) is 8.21. The van der Waals surface area contributed by atoms with E-state index in [9.17, 15) is 4.79 Å². The van der Waals surface area contributed by atoms with Gasteiger partial charge in [0.25, 0.3) is 0 Å². The zero-order valence-corrected chi connectivity index (χ0v) is 20.9. The van der Waals surface area contributed by atoms with Gasteiger partial charge in [-0.2, -0.15) is 0 Å². The molecule has 0 radical (unpaired) electrons. The summed E-state index contributed by atoms with van der Waals surface area (Å²) in [4.78, 5) is 18.4. The Morgan fingerprint density at radius 1 is 1.27 bits per heavy atom. The number of aliphatic imine (C=N–C) groups is 1. The van der Waals surface area contributed by atoms with Gasteiger partial charge in [0.1, 0.15) is 5.60 Å². The number of carbonyl (C=O) groups is 1. The van der Waals surface area contributed by atoms with Crippen LogP contribution in [0.1, 0.15) is 39.2 Å². The lowest BCUT2D eigenvalue weighted by Gasteiger charge is -2.34. The number of likely N-dealkylation sites (tertiary alicyclic amines) is 1. The van der Waals surface area contributed by atoms with Crippen molar-refractivity contribution in [2.45, 2.75) is 45.8 Å². The third-order valence-electron chi connectivity index (χ3n) is 4.62. The number of carbonyl (C=O) groups excluding carboxylic acids is 1. The van der Waals surface area contributed by atoms with Gasteiger partial charge in [0.15, 0.2) is 17.5 Å². The van der Waals surface area contributed by atoms with Crippen molar-refractivity contribution in [3.8, 4) is 11.5 Å². The Morgan fingerprint density at radius 3 is 2.60 bits per heavy atom. The minimum atomic E-state index is -0.483. The van der Waals surface area contributed by atoms with Crippen molar-refractivity contribution in [1.29, 1.82) is 0 Å². The molecule has 0 aliphatic carbocycles. The molecule has 0 aromatic heterocycles. The van der Waals surface area contributed by atoms with Crippen molar-refractivity contribution in [2.75, 3.05) is 33.9 Å². The highest BCUT2D eigenvalue weighted by molar-refractivity contribution is 14.0. The molecule has 170 valence electrons. The van der Waals surface area contributed by atoms with Crippen molar-refractivity contribution in [3.05, 3.63) is 23.8 Å². The number of guanidine groups is 1. The van der Waals surface area contributed by atoms with E-state index < -0.39 is 5.60 Å². The van der Waals surface area contributed by atoms with Gasteiger partial charge in [0.05, 0.1) is 20.8 Å². The zero-order valence-electron chi connectivity index (χ0n) is 18.6. The molecule has 9 heteroatoms. The van der Waals surface area contributed by atoms with Gasteiger partial charge < -0.3 is 30.2 Å². The second kappa shape index (κ2) is 12.1. The van der Waals surface area contributed by atoms with Crippen molar-refractivity contribution in [2.24, 2.45) is 16.6 Å². The van der Waals surface area contributed by atoms with E-state index in [2.05, 4.69) is 10.3 Å². The molecule has 1 aliphatic heterocycles. The first-order valence-electron chi connectivity index (χ1n) is 9.94. The molecule has 1 aromatic rings. The first-order chi connectivity index (χ1) is 13.7. The Balaban J connectivity index is 0.00000450. The summed E-state index contributed by atoms with van der Waals surface area (Å²) in [5.74, 6) is 2.04. The molecule has 1 heterocycles. The summed E-state index contributed by atoms with van der Waals surface area (Å²) < 4.78 is 16.0. The Bertz CT molecular complexity index is 721. The first kappa shape index (κ1) is 26.1. The number of rotatable bonds is 6. The summed E-state index contributed by atoms with van der Waals surface area (Å²) in [5, 5.41) is 3.17. The SMILES string of the molecule is COc1ccc(CN=C(N)NCC2CCCN(C(=O)OC(C)(C)C)C2)cc1OC.I. The molecule has 30 heavy (non-hydrogen) atoms. The van der Waals surface area contributed by atoms with E-state index in [-0.39, 0.29) is 30.1 Å². The predicted molar refractivity (Wildman–Crippen MR) is 129 cm³/mol. The van der Waals surface area contributed by atoms with Gasteiger partial charge in [-0.3, -0.25) is 0 Å². The number of hydrogen-bond acceptors (Lipinski definition) is 5. The van der Waals surface area contributed by atoms with E-state index in [0.717, 1.165) is 24.9 Å². The largest absolute Gasteiger partial charge is 0.493 e. The lowest BCUT2D eigenvalue weighted by Crippen LogP contribution is -2.46. The lowest BCUT2D eigenvalue weighted by molar-refractivity contribution is 0.0168. The third kappa shape index (κ3) is 8.45. The molecule has 0 spiro atoms. The fourth-order valence-corrected chi connectivity index (χ4v) is 3.18. The molecule has 1 unspecified atom stereocenters. The fourth-order valence-electron chi connectivity index (χ4n) is 3.18. The maximum absolute atomic E-state index is 12.3. The maximum atomic E-state index is 12.3. The molecule has 1 aromatic carbocycles. The van der Waals surface area contributed by atoms with Crippen molar-refractivity contribution >= 4 is 36.0 Å². The summed E-state index contributed by atoms with van der Waals surface area (Å²) in [6.45, 7) is 8.13. The van der Waals surface area contributed by atoms with Crippen LogP contribution < -0.4 is 20.5 Å². The number of nitrogens with one attached hydrogen (secondary N) is 1. The molecule has 1 fully saturated rings. The Labute approximate surface area is 196 Å². The lowest BCUT2D eigenvalue weighted by atomic mass is 9.98. The van der Waals surface area contributed by atoms with Gasteiger partial charge in [0, 0.05) is 19.6 Å². The number of hydrogen-bond donors (Lipinski definition) is 2. The molecule has 3 N–H and O–H groups in total. The van der Waals surface area contributed by atoms with Crippen molar-refractivity contribution in [3.63, 3.8) is 0 Å². The normalized spacial score (nSPS) is 17.0. The van der Waals surface area contributed by atoms with Crippen molar-refractivity contribution in [1.82, 2.24) is 10.2 Å². The van der Waals surface area contributed by atoms with E-state index in [4.69, 9.17) is 19.9 Å². The van der Waals surface area contributed by atoms with Crippen LogP contribution in [0.15, 0.2) is 23.2 Å². The molecule has 1 atom stereocenters. The average Bonchev–Trinajstić information content (AvgIpc) is 2.69. The number of ether oxygens (including phenoxy) is 3. The summed E-state index contributed by atoms with van der Waals surface area (Å²) >= 11 is 0. The Hall–Kier alpha value is -1.91. The quantitative estimate of drug-likeness (QED) is 0.330. The van der Waals surface area contributed by atoms with Crippen LogP contribution in [0.4, 0.5) is 4.79 Å². The number of methoxy groups -OCH3 is 2. The molecule has 2 rings (SSSR count). The Kier molecular flexibility index (Phi) is 10.5. The standard InChI is InChI=1S/C21H34N4O4.HI/c1-21(2,3)29-20(26)25-10-6-7-16(14-25)13-24-19(22)23-12-15-8-9-17(27-4)18(11-15)28-5;/h8-9,11,16H,6-7,10,12-14H2,1-5H3,(H3,22,23,24);1H. The number of benzene rings is 1. The maximum Gasteiger partial charge on any atom is 0.410 e. The molecular formula is C21H35IN4O4. The molecule has 1 amide bonds. The topological polar surface area (TPSA) is 98.4 Å². The van der Waals surface area contributed by atoms with Crippen LogP contribution in [0.5, 0.6) is 11.5 Å². The zero-order chi connectivity index (χ0) is 21.4. The summed E-state index contributed by atoms with van der Waals surface area (Å²) in [6.07, 6.45) is 1.74. The van der Waals surface area contributed by atoms with Gasteiger partial charge in [0.2, 0.25) is 0 Å². The van der Waals surface area contributed by atoms with Gasteiger partial charge in [-0.25, -0.2) is 9.79 Å². The molecule has 0 saturated carbocycles. The molecule has 0 bridgehead atoms. The van der Waals surface area contributed by atoms with Crippen LogP contribution in [-0.4, -0.2) is 56.4 Å². The minimum absolute atomic E-state index is 0. The van der Waals surface area contributed by atoms with E-state index in [0.29, 0.717) is 43.0 Å². The van der Waals surface area contributed by atoms with Crippen molar-refractivity contribution < 1.29 is 19.0 Å². The van der Waals surface area contributed by atoms with E-state index in [1.807, 2.05) is 39.0 Å². The minimum Gasteiger partial charge on any atom is -0.493 e. The van der Waals surface area contributed by atoms with E-state index in [1.165, 1.54) is 0 Å². The first-order valence-corrected chi connectivity index (χ1v) is 9.94. The predicted octanol–water partition coefficient (Wildman–Crippen LogP) is 3.37. The number of amides is 1. The third-order valence-corrected chi connectivity index (χ3v) is 4.62. The molecule has 8 nitrogen and oxygen atoms in total. The number of piperidine rings is 1. The van der Waals surface area contributed by atoms with Crippen LogP contribution in [0.2, 0.25) is 0 Å². The van der Waals surface area contributed by atoms with Crippen LogP contribution in [0.25, 0.3) is 0 Å². The van der Waals surface area contributed by atoms with Gasteiger partial charge in [-0.15, -0.1) is 24.0 Å². The van der Waals surface area contributed by atoms with Crippen LogP contribution in [0.3, 0.4) is 0 Å². The summed E-state index contributed by atoms with van der Waals surface area (Å²) in [7, 11) is 3.21. The average molecular weight is 534 g/mol. The number of nitrogens with zero attached hydrogens (tertiary/aromatic N) is 2.